The summed E-state index contributed by atoms with van der Waals surface area (Å²) in [5.74, 6) is 0.418. The quantitative estimate of drug-likeness (QED) is 0.662. The van der Waals surface area contributed by atoms with Gasteiger partial charge in [-0.1, -0.05) is 0 Å². The number of hydrogen-bond donors (Lipinski definition) is 1. The van der Waals surface area contributed by atoms with Crippen molar-refractivity contribution < 1.29 is 8.42 Å². The Morgan fingerprint density at radius 3 is 2.85 bits per heavy atom. The molecule has 0 radical (unpaired) electrons. The number of hydrogen-bond acceptors (Lipinski definition) is 3. The van der Waals surface area contributed by atoms with Crippen LogP contribution < -0.4 is 4.72 Å². The minimum Gasteiger partial charge on any atom is -0.459 e. The molecule has 1 unspecified atom stereocenters. The molecule has 1 rings (SSSR count). The molecule has 78 valence electrons. The Kier molecular flexibility index (Phi) is 3.70. The Morgan fingerprint density at radius 2 is 2.31 bits per heavy atom. The highest BCUT2D eigenvalue weighted by Crippen LogP contribution is 2.14. The lowest BCUT2D eigenvalue weighted by atomic mass is 9.99. The highest BCUT2D eigenvalue weighted by Gasteiger charge is 2.15. The summed E-state index contributed by atoms with van der Waals surface area (Å²) in [5, 5.41) is 0. The van der Waals surface area contributed by atoms with Crippen molar-refractivity contribution in [1.29, 1.82) is 0 Å². The van der Waals surface area contributed by atoms with Crippen LogP contribution in [0.15, 0.2) is 0 Å². The Morgan fingerprint density at radius 1 is 1.62 bits per heavy atom. The van der Waals surface area contributed by atoms with Gasteiger partial charge in [0, 0.05) is 6.54 Å². The van der Waals surface area contributed by atoms with Crippen LogP contribution in [-0.4, -0.2) is 39.2 Å². The van der Waals surface area contributed by atoms with Crippen LogP contribution in [0.4, 0.5) is 0 Å². The molecule has 13 heavy (non-hydrogen) atoms. The van der Waals surface area contributed by atoms with Crippen molar-refractivity contribution in [2.45, 2.75) is 12.8 Å². The van der Waals surface area contributed by atoms with E-state index in [1.165, 1.54) is 6.26 Å². The zero-order valence-corrected chi connectivity index (χ0v) is 8.81. The first-order chi connectivity index (χ1) is 5.97. The topological polar surface area (TPSA) is 49.4 Å². The van der Waals surface area contributed by atoms with E-state index in [9.17, 15) is 8.42 Å². The molecule has 0 aliphatic carbocycles. The molecular weight excluding hydrogens is 188 g/mol. The predicted octanol–water partition coefficient (Wildman–Crippen LogP) is 0.0392. The fourth-order valence-corrected chi connectivity index (χ4v) is 2.13. The second-order valence-corrected chi connectivity index (χ2v) is 5.54. The van der Waals surface area contributed by atoms with Crippen LogP contribution in [0.3, 0.4) is 0 Å². The first-order valence-corrected chi connectivity index (χ1v) is 6.36. The van der Waals surface area contributed by atoms with Crippen molar-refractivity contribution in [2.24, 2.45) is 5.92 Å². The number of rotatable bonds is 3. The fraction of sp³-hybridized carbons (Fsp3) is 0.875. The maximum atomic E-state index is 10.8. The standard InChI is InChI=1S/C8H17N2O2S/c1-10-5-3-4-8(7-10)6-9-13(2,11)12/h8-9H,1,3-7H2,2H3/q-1. The summed E-state index contributed by atoms with van der Waals surface area (Å²) >= 11 is 0. The van der Waals surface area contributed by atoms with E-state index >= 15 is 0 Å². The van der Waals surface area contributed by atoms with Gasteiger partial charge in [0.25, 0.3) is 0 Å². The van der Waals surface area contributed by atoms with E-state index in [0.29, 0.717) is 12.5 Å². The molecule has 1 fully saturated rings. The molecule has 1 atom stereocenters. The van der Waals surface area contributed by atoms with Crippen LogP contribution >= 0.6 is 0 Å². The second kappa shape index (κ2) is 4.39. The summed E-state index contributed by atoms with van der Waals surface area (Å²) in [6.07, 6.45) is 3.39. The lowest BCUT2D eigenvalue weighted by Crippen LogP contribution is -2.37. The van der Waals surface area contributed by atoms with Crippen LogP contribution in [-0.2, 0) is 10.0 Å². The summed E-state index contributed by atoms with van der Waals surface area (Å²) in [5.41, 5.74) is 0. The molecule has 5 heteroatoms. The van der Waals surface area contributed by atoms with Gasteiger partial charge in [-0.25, -0.2) is 13.1 Å². The largest absolute Gasteiger partial charge is 0.459 e. The number of piperidine rings is 1. The van der Waals surface area contributed by atoms with Crippen molar-refractivity contribution in [3.8, 4) is 0 Å². The van der Waals surface area contributed by atoms with Gasteiger partial charge in [-0.05, 0) is 31.8 Å². The molecule has 1 saturated heterocycles. The Bertz CT molecular complexity index is 251. The zero-order chi connectivity index (χ0) is 9.90. The maximum Gasteiger partial charge on any atom is 0.208 e. The summed E-state index contributed by atoms with van der Waals surface area (Å²) in [6.45, 7) is 2.46. The van der Waals surface area contributed by atoms with E-state index in [1.807, 2.05) is 4.90 Å². The molecule has 0 amide bonds. The van der Waals surface area contributed by atoms with Crippen molar-refractivity contribution in [3.05, 3.63) is 7.05 Å². The summed E-state index contributed by atoms with van der Waals surface area (Å²) in [4.78, 5) is 2.00. The van der Waals surface area contributed by atoms with E-state index in [2.05, 4.69) is 11.8 Å². The Balaban J connectivity index is 2.29. The van der Waals surface area contributed by atoms with Gasteiger partial charge in [0.05, 0.1) is 6.26 Å². The number of nitrogens with one attached hydrogen (secondary N) is 1. The summed E-state index contributed by atoms with van der Waals surface area (Å²) < 4.78 is 24.2. The molecule has 1 aliphatic heterocycles. The number of nitrogens with zero attached hydrogens (tertiary/aromatic N) is 1. The highest BCUT2D eigenvalue weighted by molar-refractivity contribution is 7.88. The minimum absolute atomic E-state index is 0.418. The normalized spacial score (nSPS) is 26.2. The van der Waals surface area contributed by atoms with Crippen LogP contribution in [0.5, 0.6) is 0 Å². The van der Waals surface area contributed by atoms with Crippen molar-refractivity contribution in [3.63, 3.8) is 0 Å². The van der Waals surface area contributed by atoms with E-state index < -0.39 is 10.0 Å². The molecular formula is C8H17N2O2S-. The molecule has 0 aromatic heterocycles. The molecule has 0 bridgehead atoms. The molecule has 1 N–H and O–H groups in total. The van der Waals surface area contributed by atoms with Gasteiger partial charge in [-0.2, -0.15) is 0 Å². The third-order valence-electron chi connectivity index (χ3n) is 2.24. The average molecular weight is 205 g/mol. The third kappa shape index (κ3) is 4.59. The van der Waals surface area contributed by atoms with Crippen LogP contribution in [0.2, 0.25) is 0 Å². The Hall–Kier alpha value is -0.130. The first kappa shape index (κ1) is 10.9. The second-order valence-electron chi connectivity index (χ2n) is 3.71. The zero-order valence-electron chi connectivity index (χ0n) is 7.99. The van der Waals surface area contributed by atoms with Gasteiger partial charge >= 0.3 is 0 Å². The number of sulfonamides is 1. The van der Waals surface area contributed by atoms with Gasteiger partial charge in [-0.15, -0.1) is 0 Å². The fourth-order valence-electron chi connectivity index (χ4n) is 1.59. The van der Waals surface area contributed by atoms with Crippen molar-refractivity contribution in [1.82, 2.24) is 9.62 Å². The predicted molar refractivity (Wildman–Crippen MR) is 52.5 cm³/mol. The summed E-state index contributed by atoms with van der Waals surface area (Å²) in [7, 11) is 0.818. The monoisotopic (exact) mass is 205 g/mol. The van der Waals surface area contributed by atoms with Crippen LogP contribution in [0.25, 0.3) is 0 Å². The highest BCUT2D eigenvalue weighted by atomic mass is 32.2. The molecule has 0 aromatic carbocycles. The lowest BCUT2D eigenvalue weighted by Gasteiger charge is -2.35. The van der Waals surface area contributed by atoms with Gasteiger partial charge in [0.15, 0.2) is 0 Å². The molecule has 0 spiro atoms. The van der Waals surface area contributed by atoms with Gasteiger partial charge < -0.3 is 4.90 Å². The molecule has 4 nitrogen and oxygen atoms in total. The molecule has 1 heterocycles. The van der Waals surface area contributed by atoms with E-state index in [4.69, 9.17) is 0 Å². The molecule has 0 aromatic rings. The minimum atomic E-state index is -3.03. The molecule has 1 aliphatic rings. The van der Waals surface area contributed by atoms with Crippen LogP contribution in [0.1, 0.15) is 12.8 Å². The SMILES string of the molecule is [CH2-]N1CCCC(CNS(C)(=O)=O)C1. The summed E-state index contributed by atoms with van der Waals surface area (Å²) in [6, 6.07) is 0. The number of likely N-dealkylation sites (tertiary alicyclic amines) is 1. The van der Waals surface area contributed by atoms with E-state index in [-0.39, 0.29) is 0 Å². The van der Waals surface area contributed by atoms with Crippen molar-refractivity contribution in [2.75, 3.05) is 25.9 Å². The van der Waals surface area contributed by atoms with Crippen molar-refractivity contribution >= 4 is 10.0 Å². The van der Waals surface area contributed by atoms with Gasteiger partial charge in [0.1, 0.15) is 0 Å². The third-order valence-corrected chi connectivity index (χ3v) is 2.93. The smallest absolute Gasteiger partial charge is 0.208 e. The van der Waals surface area contributed by atoms with E-state index in [0.717, 1.165) is 25.9 Å². The van der Waals surface area contributed by atoms with Gasteiger partial charge in [0.2, 0.25) is 10.0 Å². The van der Waals surface area contributed by atoms with Crippen LogP contribution in [0, 0.1) is 13.0 Å². The first-order valence-electron chi connectivity index (χ1n) is 4.47. The van der Waals surface area contributed by atoms with E-state index in [1.54, 1.807) is 0 Å². The van der Waals surface area contributed by atoms with Gasteiger partial charge in [-0.3, -0.25) is 7.05 Å². The Labute approximate surface area is 80.4 Å². The lowest BCUT2D eigenvalue weighted by molar-refractivity contribution is 0.232. The average Bonchev–Trinajstić information content (AvgIpc) is 2.00. The molecule has 0 saturated carbocycles. The maximum absolute atomic E-state index is 10.8.